The maximum atomic E-state index is 11.7. The van der Waals surface area contributed by atoms with E-state index in [9.17, 15) is 4.79 Å². The van der Waals surface area contributed by atoms with Crippen molar-refractivity contribution in [1.82, 2.24) is 10.2 Å². The van der Waals surface area contributed by atoms with Crippen LogP contribution in [0.4, 0.5) is 0 Å². The first-order chi connectivity index (χ1) is 8.80. The summed E-state index contributed by atoms with van der Waals surface area (Å²) in [6.07, 6.45) is 0.963. The summed E-state index contributed by atoms with van der Waals surface area (Å²) >= 11 is 0. The summed E-state index contributed by atoms with van der Waals surface area (Å²) in [5.74, 6) is -0.282. The number of likely N-dealkylation sites (N-methyl/N-ethyl adjacent to an activating group) is 1. The fourth-order valence-corrected chi connectivity index (χ4v) is 2.90. The minimum atomic E-state index is -0.643. The molecule has 1 heterocycles. The molecule has 4 atom stereocenters. The van der Waals surface area contributed by atoms with Crippen molar-refractivity contribution in [3.8, 4) is 0 Å². The third-order valence-corrected chi connectivity index (χ3v) is 4.04. The van der Waals surface area contributed by atoms with Gasteiger partial charge in [-0.1, -0.05) is 6.92 Å². The summed E-state index contributed by atoms with van der Waals surface area (Å²) in [6.45, 7) is 12.7. The van der Waals surface area contributed by atoms with Gasteiger partial charge in [0.2, 0.25) is 5.91 Å². The van der Waals surface area contributed by atoms with Crippen molar-refractivity contribution >= 4 is 5.91 Å². The van der Waals surface area contributed by atoms with Gasteiger partial charge < -0.3 is 15.8 Å². The van der Waals surface area contributed by atoms with Crippen molar-refractivity contribution in [2.45, 2.75) is 64.8 Å². The normalized spacial score (nSPS) is 29.7. The van der Waals surface area contributed by atoms with Crippen molar-refractivity contribution < 1.29 is 9.53 Å². The summed E-state index contributed by atoms with van der Waals surface area (Å²) < 4.78 is 5.65. The fraction of sp³-hybridized carbons (Fsp3) is 0.929. The zero-order valence-corrected chi connectivity index (χ0v) is 12.9. The van der Waals surface area contributed by atoms with Crippen LogP contribution in [0.1, 0.15) is 41.0 Å². The molecule has 0 spiro atoms. The molecule has 0 aromatic rings. The van der Waals surface area contributed by atoms with Crippen LogP contribution in [0.5, 0.6) is 0 Å². The molecule has 0 aromatic carbocycles. The van der Waals surface area contributed by atoms with E-state index < -0.39 is 5.54 Å². The summed E-state index contributed by atoms with van der Waals surface area (Å²) in [7, 11) is 0. The lowest BCUT2D eigenvalue weighted by molar-refractivity contribution is -0.125. The largest absolute Gasteiger partial charge is 0.376 e. The van der Waals surface area contributed by atoms with Crippen LogP contribution in [-0.2, 0) is 9.53 Å². The molecule has 5 nitrogen and oxygen atoms in total. The van der Waals surface area contributed by atoms with Crippen molar-refractivity contribution in [2.75, 3.05) is 19.7 Å². The highest BCUT2D eigenvalue weighted by atomic mass is 16.5. The van der Waals surface area contributed by atoms with E-state index in [0.717, 1.165) is 19.7 Å². The van der Waals surface area contributed by atoms with E-state index in [4.69, 9.17) is 10.5 Å². The molecule has 112 valence electrons. The average molecular weight is 271 g/mol. The zero-order chi connectivity index (χ0) is 14.6. The number of carbonyl (C=O) groups is 1. The van der Waals surface area contributed by atoms with E-state index in [2.05, 4.69) is 31.0 Å². The monoisotopic (exact) mass is 271 g/mol. The van der Waals surface area contributed by atoms with Gasteiger partial charge in [-0.2, -0.15) is 0 Å². The number of nitrogens with two attached hydrogens (primary N) is 1. The lowest BCUT2D eigenvalue weighted by Crippen LogP contribution is -2.59. The van der Waals surface area contributed by atoms with Crippen molar-refractivity contribution in [2.24, 2.45) is 5.73 Å². The van der Waals surface area contributed by atoms with Crippen LogP contribution in [0.2, 0.25) is 0 Å². The number of nitrogens with zero attached hydrogens (tertiary/aromatic N) is 1. The Bertz CT molecular complexity index is 311. The average Bonchev–Trinajstić information content (AvgIpc) is 2.32. The van der Waals surface area contributed by atoms with Gasteiger partial charge in [-0.05, 0) is 40.7 Å². The lowest BCUT2D eigenvalue weighted by atomic mass is 9.91. The Morgan fingerprint density at radius 3 is 2.74 bits per heavy atom. The quantitative estimate of drug-likeness (QED) is 0.747. The second-order valence-electron chi connectivity index (χ2n) is 5.97. The topological polar surface area (TPSA) is 67.6 Å². The number of primary amides is 1. The highest BCUT2D eigenvalue weighted by molar-refractivity contribution is 5.84. The van der Waals surface area contributed by atoms with Gasteiger partial charge in [0.25, 0.3) is 0 Å². The van der Waals surface area contributed by atoms with E-state index in [0.29, 0.717) is 12.5 Å². The number of hydrogen-bond acceptors (Lipinski definition) is 4. The van der Waals surface area contributed by atoms with Crippen LogP contribution < -0.4 is 11.1 Å². The Morgan fingerprint density at radius 1 is 1.58 bits per heavy atom. The molecule has 0 radical (unpaired) electrons. The lowest BCUT2D eigenvalue weighted by Gasteiger charge is -2.43. The second-order valence-corrected chi connectivity index (χ2v) is 5.97. The van der Waals surface area contributed by atoms with Gasteiger partial charge in [0.05, 0.1) is 18.2 Å². The zero-order valence-electron chi connectivity index (χ0n) is 12.9. The number of nitrogens with one attached hydrogen (secondary N) is 1. The molecule has 1 fully saturated rings. The third-order valence-electron chi connectivity index (χ3n) is 4.04. The Kier molecular flexibility index (Phi) is 5.77. The first-order valence-electron chi connectivity index (χ1n) is 7.22. The van der Waals surface area contributed by atoms with Gasteiger partial charge in [0.1, 0.15) is 0 Å². The molecule has 0 saturated carbocycles. The van der Waals surface area contributed by atoms with Crippen LogP contribution in [0.25, 0.3) is 0 Å². The highest BCUT2D eigenvalue weighted by Gasteiger charge is 2.36. The van der Waals surface area contributed by atoms with Crippen LogP contribution in [0.3, 0.4) is 0 Å². The third kappa shape index (κ3) is 4.16. The number of morpholine rings is 1. The number of ether oxygens (including phenoxy) is 1. The molecular weight excluding hydrogens is 242 g/mol. The van der Waals surface area contributed by atoms with Crippen molar-refractivity contribution in [3.63, 3.8) is 0 Å². The first-order valence-corrected chi connectivity index (χ1v) is 7.22. The maximum Gasteiger partial charge on any atom is 0.237 e. The predicted molar refractivity (Wildman–Crippen MR) is 76.9 cm³/mol. The van der Waals surface area contributed by atoms with Crippen LogP contribution in [0, 0.1) is 0 Å². The molecule has 1 rings (SSSR count). The molecule has 4 unspecified atom stereocenters. The SMILES string of the molecule is CCNC(C)(CC(C)N1CC(C)OCC1C)C(N)=O. The van der Waals surface area contributed by atoms with E-state index in [1.807, 2.05) is 13.8 Å². The molecule has 5 heteroatoms. The molecule has 19 heavy (non-hydrogen) atoms. The van der Waals surface area contributed by atoms with Gasteiger partial charge in [0, 0.05) is 18.6 Å². The molecule has 0 aromatic heterocycles. The second kappa shape index (κ2) is 6.68. The van der Waals surface area contributed by atoms with E-state index in [1.54, 1.807) is 0 Å². The Balaban J connectivity index is 2.70. The molecule has 0 aliphatic carbocycles. The molecule has 1 aliphatic heterocycles. The molecular formula is C14H29N3O2. The standard InChI is InChI=1S/C14H29N3O2/c1-6-16-14(5,13(15)18)7-10(2)17-8-12(4)19-9-11(17)3/h10-12,16H,6-9H2,1-5H3,(H2,15,18). The summed E-state index contributed by atoms with van der Waals surface area (Å²) in [6, 6.07) is 0.669. The minimum Gasteiger partial charge on any atom is -0.376 e. The van der Waals surface area contributed by atoms with Gasteiger partial charge >= 0.3 is 0 Å². The van der Waals surface area contributed by atoms with Crippen LogP contribution in [-0.4, -0.2) is 54.2 Å². The Labute approximate surface area is 116 Å². The van der Waals surface area contributed by atoms with Gasteiger partial charge in [-0.3, -0.25) is 9.69 Å². The molecule has 0 bridgehead atoms. The summed E-state index contributed by atoms with van der Waals surface area (Å²) in [5.41, 5.74) is 4.91. The Morgan fingerprint density at radius 2 is 2.21 bits per heavy atom. The minimum absolute atomic E-state index is 0.248. The molecule has 1 aliphatic rings. The van der Waals surface area contributed by atoms with E-state index in [1.165, 1.54) is 0 Å². The van der Waals surface area contributed by atoms with E-state index >= 15 is 0 Å². The van der Waals surface area contributed by atoms with Gasteiger partial charge in [-0.25, -0.2) is 0 Å². The summed E-state index contributed by atoms with van der Waals surface area (Å²) in [5, 5.41) is 3.22. The van der Waals surface area contributed by atoms with Crippen LogP contribution in [0.15, 0.2) is 0 Å². The predicted octanol–water partition coefficient (Wildman–Crippen LogP) is 0.728. The smallest absolute Gasteiger partial charge is 0.237 e. The van der Waals surface area contributed by atoms with Crippen molar-refractivity contribution in [1.29, 1.82) is 0 Å². The number of rotatable bonds is 6. The van der Waals surface area contributed by atoms with Gasteiger partial charge in [0.15, 0.2) is 0 Å². The number of amides is 1. The van der Waals surface area contributed by atoms with Crippen molar-refractivity contribution in [3.05, 3.63) is 0 Å². The number of hydrogen-bond donors (Lipinski definition) is 2. The van der Waals surface area contributed by atoms with Gasteiger partial charge in [-0.15, -0.1) is 0 Å². The van der Waals surface area contributed by atoms with E-state index in [-0.39, 0.29) is 18.1 Å². The maximum absolute atomic E-state index is 11.7. The fourth-order valence-electron chi connectivity index (χ4n) is 2.90. The van der Waals surface area contributed by atoms with Crippen LogP contribution >= 0.6 is 0 Å². The molecule has 3 N–H and O–H groups in total. The number of carbonyl (C=O) groups excluding carboxylic acids is 1. The molecule has 1 saturated heterocycles. The molecule has 1 amide bonds. The Hall–Kier alpha value is -0.650. The highest BCUT2D eigenvalue weighted by Crippen LogP contribution is 2.21. The first kappa shape index (κ1) is 16.4. The summed E-state index contributed by atoms with van der Waals surface area (Å²) in [4.78, 5) is 14.1.